The molecule has 30 heavy (non-hydrogen) atoms. The van der Waals surface area contributed by atoms with Gasteiger partial charge in [0.2, 0.25) is 11.8 Å². The Hall–Kier alpha value is -3.52. The summed E-state index contributed by atoms with van der Waals surface area (Å²) in [5.74, 6) is -1.03. The molecule has 3 N–H and O–H groups in total. The molecule has 1 aliphatic heterocycles. The molecule has 0 radical (unpaired) electrons. The summed E-state index contributed by atoms with van der Waals surface area (Å²) in [7, 11) is 0. The first kappa shape index (κ1) is 19.8. The predicted octanol–water partition coefficient (Wildman–Crippen LogP) is 4.16. The number of rotatable bonds is 4. The highest BCUT2D eigenvalue weighted by molar-refractivity contribution is 9.10. The van der Waals surface area contributed by atoms with Gasteiger partial charge in [-0.1, -0.05) is 24.3 Å². The summed E-state index contributed by atoms with van der Waals surface area (Å²) in [6.45, 7) is 0. The summed E-state index contributed by atoms with van der Waals surface area (Å²) in [4.78, 5) is 41.5. The number of hydrogen-bond donors (Lipinski definition) is 3. The molecule has 8 heteroatoms. The number of halogens is 1. The van der Waals surface area contributed by atoms with Crippen LogP contribution in [0.25, 0.3) is 0 Å². The zero-order chi connectivity index (χ0) is 21.1. The lowest BCUT2D eigenvalue weighted by molar-refractivity contribution is -0.123. The van der Waals surface area contributed by atoms with Crippen LogP contribution in [-0.4, -0.2) is 22.7 Å². The normalized spacial score (nSPS) is 15.0. The highest BCUT2D eigenvalue weighted by Crippen LogP contribution is 2.32. The summed E-state index contributed by atoms with van der Waals surface area (Å²) in [5.41, 5.74) is 2.26. The number of pyridine rings is 1. The van der Waals surface area contributed by atoms with Gasteiger partial charge in [0, 0.05) is 34.0 Å². The third-order valence-corrected chi connectivity index (χ3v) is 5.15. The Labute approximate surface area is 181 Å². The summed E-state index contributed by atoms with van der Waals surface area (Å²) < 4.78 is 0.808. The van der Waals surface area contributed by atoms with Crippen molar-refractivity contribution < 1.29 is 14.4 Å². The molecule has 0 fully saturated rings. The number of aromatic nitrogens is 1. The Kier molecular flexibility index (Phi) is 5.58. The molecule has 0 aliphatic carbocycles. The summed E-state index contributed by atoms with van der Waals surface area (Å²) in [6, 6.07) is 17.3. The molecule has 0 saturated carbocycles. The summed E-state index contributed by atoms with van der Waals surface area (Å²) in [5, 5.41) is 8.31. The van der Waals surface area contributed by atoms with Crippen molar-refractivity contribution in [3.63, 3.8) is 0 Å². The number of benzene rings is 2. The van der Waals surface area contributed by atoms with Gasteiger partial charge in [0.05, 0.1) is 5.92 Å². The minimum atomic E-state index is -0.598. The van der Waals surface area contributed by atoms with Gasteiger partial charge in [0.15, 0.2) is 0 Å². The molecular weight excluding hydrogens is 448 g/mol. The molecule has 150 valence electrons. The highest BCUT2D eigenvalue weighted by Gasteiger charge is 2.30. The van der Waals surface area contributed by atoms with Crippen LogP contribution >= 0.6 is 15.9 Å². The second-order valence-corrected chi connectivity index (χ2v) is 7.69. The molecular formula is C22H17BrN4O3. The van der Waals surface area contributed by atoms with Gasteiger partial charge in [0.1, 0.15) is 5.82 Å². The molecule has 0 bridgehead atoms. The van der Waals surface area contributed by atoms with E-state index in [2.05, 4.69) is 36.9 Å². The Morgan fingerprint density at radius 2 is 1.87 bits per heavy atom. The van der Waals surface area contributed by atoms with E-state index in [0.29, 0.717) is 22.8 Å². The monoisotopic (exact) mass is 464 g/mol. The number of nitrogens with zero attached hydrogens (tertiary/aromatic N) is 1. The fourth-order valence-electron chi connectivity index (χ4n) is 3.25. The molecule has 0 spiro atoms. The van der Waals surface area contributed by atoms with Crippen LogP contribution in [-0.2, 0) is 9.59 Å². The van der Waals surface area contributed by atoms with E-state index in [4.69, 9.17) is 0 Å². The van der Waals surface area contributed by atoms with Crippen molar-refractivity contribution in [2.75, 3.05) is 16.0 Å². The lowest BCUT2D eigenvalue weighted by atomic mass is 9.90. The number of carbonyl (C=O) groups is 3. The first-order chi connectivity index (χ1) is 14.5. The minimum Gasteiger partial charge on any atom is -0.326 e. The average Bonchev–Trinajstić information content (AvgIpc) is 2.75. The molecule has 7 nitrogen and oxygen atoms in total. The molecule has 1 aliphatic rings. The van der Waals surface area contributed by atoms with E-state index >= 15 is 0 Å². The first-order valence-electron chi connectivity index (χ1n) is 9.22. The maximum absolute atomic E-state index is 12.9. The third-order valence-electron chi connectivity index (χ3n) is 4.68. The van der Waals surface area contributed by atoms with Crippen LogP contribution in [0.3, 0.4) is 0 Å². The lowest BCUT2D eigenvalue weighted by Gasteiger charge is -2.24. The first-order valence-corrected chi connectivity index (χ1v) is 10.0. The predicted molar refractivity (Wildman–Crippen MR) is 117 cm³/mol. The largest absolute Gasteiger partial charge is 0.326 e. The SMILES string of the molecule is O=C1C[C@H](C(=O)Nc2cccc(C(=O)Nc3ccc(Br)cn3)c2)c2ccccc2N1. The van der Waals surface area contributed by atoms with E-state index in [-0.39, 0.29) is 24.1 Å². The van der Waals surface area contributed by atoms with Gasteiger partial charge >= 0.3 is 0 Å². The quantitative estimate of drug-likeness (QED) is 0.539. The number of nitrogens with one attached hydrogen (secondary N) is 3. The number of fused-ring (bicyclic) bond motifs is 1. The van der Waals surface area contributed by atoms with E-state index in [9.17, 15) is 14.4 Å². The molecule has 0 unspecified atom stereocenters. The van der Waals surface area contributed by atoms with Crippen molar-refractivity contribution in [2.45, 2.75) is 12.3 Å². The molecule has 1 aromatic heterocycles. The molecule has 2 heterocycles. The fourth-order valence-corrected chi connectivity index (χ4v) is 3.49. The number of para-hydroxylation sites is 1. The van der Waals surface area contributed by atoms with Crippen LogP contribution in [0.5, 0.6) is 0 Å². The number of anilines is 3. The van der Waals surface area contributed by atoms with Gasteiger partial charge in [-0.15, -0.1) is 0 Å². The lowest BCUT2D eigenvalue weighted by Crippen LogP contribution is -2.30. The Balaban J connectivity index is 1.49. The van der Waals surface area contributed by atoms with Crippen molar-refractivity contribution in [1.29, 1.82) is 0 Å². The maximum Gasteiger partial charge on any atom is 0.256 e. The van der Waals surface area contributed by atoms with Crippen molar-refractivity contribution in [3.8, 4) is 0 Å². The van der Waals surface area contributed by atoms with E-state index in [1.165, 1.54) is 0 Å². The van der Waals surface area contributed by atoms with Crippen LogP contribution in [0.4, 0.5) is 17.2 Å². The number of amides is 3. The van der Waals surface area contributed by atoms with Gasteiger partial charge in [-0.2, -0.15) is 0 Å². The van der Waals surface area contributed by atoms with Crippen LogP contribution in [0, 0.1) is 0 Å². The average molecular weight is 465 g/mol. The van der Waals surface area contributed by atoms with Crippen LogP contribution in [0.1, 0.15) is 28.3 Å². The molecule has 4 rings (SSSR count). The van der Waals surface area contributed by atoms with Gasteiger partial charge in [-0.3, -0.25) is 14.4 Å². The smallest absolute Gasteiger partial charge is 0.256 e. The van der Waals surface area contributed by atoms with Gasteiger partial charge < -0.3 is 16.0 Å². The zero-order valence-electron chi connectivity index (χ0n) is 15.7. The van der Waals surface area contributed by atoms with Gasteiger partial charge in [0.25, 0.3) is 5.91 Å². The van der Waals surface area contributed by atoms with E-state index in [1.807, 2.05) is 18.2 Å². The second kappa shape index (κ2) is 8.46. The maximum atomic E-state index is 12.9. The zero-order valence-corrected chi connectivity index (χ0v) is 17.3. The Bertz CT molecular complexity index is 1130. The van der Waals surface area contributed by atoms with Gasteiger partial charge in [-0.05, 0) is 57.9 Å². The second-order valence-electron chi connectivity index (χ2n) is 6.78. The molecule has 3 aromatic rings. The van der Waals surface area contributed by atoms with E-state index in [1.54, 1.807) is 48.7 Å². The number of carbonyl (C=O) groups excluding carboxylic acids is 3. The standard InChI is InChI=1S/C22H17BrN4O3/c23-14-8-9-19(24-12-14)27-21(29)13-4-3-5-15(10-13)25-22(30)17-11-20(28)26-18-7-2-1-6-16(17)18/h1-10,12,17H,11H2,(H,25,30)(H,26,28)(H,24,27,29)/t17-/m0/s1. The van der Waals surface area contributed by atoms with Crippen molar-refractivity contribution in [1.82, 2.24) is 4.98 Å². The molecule has 0 saturated heterocycles. The Morgan fingerprint density at radius 3 is 2.67 bits per heavy atom. The Morgan fingerprint density at radius 1 is 1.03 bits per heavy atom. The fraction of sp³-hybridized carbons (Fsp3) is 0.0909. The topological polar surface area (TPSA) is 100 Å². The van der Waals surface area contributed by atoms with Crippen molar-refractivity contribution in [3.05, 3.63) is 82.5 Å². The van der Waals surface area contributed by atoms with Gasteiger partial charge in [-0.25, -0.2) is 4.98 Å². The molecule has 2 aromatic carbocycles. The number of hydrogen-bond acceptors (Lipinski definition) is 4. The van der Waals surface area contributed by atoms with Crippen LogP contribution in [0.15, 0.2) is 71.3 Å². The van der Waals surface area contributed by atoms with Crippen molar-refractivity contribution in [2.24, 2.45) is 0 Å². The molecule has 3 amide bonds. The van der Waals surface area contributed by atoms with E-state index in [0.717, 1.165) is 10.0 Å². The highest BCUT2D eigenvalue weighted by atomic mass is 79.9. The summed E-state index contributed by atoms with van der Waals surface area (Å²) in [6.07, 6.45) is 1.66. The minimum absolute atomic E-state index is 0.0677. The molecule has 1 atom stereocenters. The van der Waals surface area contributed by atoms with E-state index < -0.39 is 5.92 Å². The summed E-state index contributed by atoms with van der Waals surface area (Å²) >= 11 is 3.30. The van der Waals surface area contributed by atoms with Crippen LogP contribution < -0.4 is 16.0 Å². The third kappa shape index (κ3) is 4.38. The van der Waals surface area contributed by atoms with Crippen LogP contribution in [0.2, 0.25) is 0 Å². The van der Waals surface area contributed by atoms with Crippen molar-refractivity contribution >= 4 is 50.8 Å².